The van der Waals surface area contributed by atoms with Gasteiger partial charge in [0.05, 0.1) is 18.6 Å². The topological polar surface area (TPSA) is 134 Å². The summed E-state index contributed by atoms with van der Waals surface area (Å²) in [6, 6.07) is 15.6. The summed E-state index contributed by atoms with van der Waals surface area (Å²) in [7, 11) is 8.41. The Morgan fingerprint density at radius 3 is 1.91 bits per heavy atom. The summed E-state index contributed by atoms with van der Waals surface area (Å²) in [5, 5.41) is 25.0. The summed E-state index contributed by atoms with van der Waals surface area (Å²) in [5.41, 5.74) is 2.05. The highest BCUT2D eigenvalue weighted by Gasteiger charge is 2.87. The van der Waals surface area contributed by atoms with Crippen molar-refractivity contribution < 1.29 is 29.4 Å². The van der Waals surface area contributed by atoms with Crippen LogP contribution in [0.1, 0.15) is 29.5 Å². The van der Waals surface area contributed by atoms with Crippen LogP contribution in [0, 0.1) is 0 Å². The van der Waals surface area contributed by atoms with Gasteiger partial charge < -0.3 is 30.2 Å². The molecule has 3 N–H and O–H groups in total. The van der Waals surface area contributed by atoms with E-state index in [1.807, 2.05) is 30.3 Å². The van der Waals surface area contributed by atoms with E-state index in [-0.39, 0.29) is 36.5 Å². The summed E-state index contributed by atoms with van der Waals surface area (Å²) in [6.45, 7) is -1.03. The summed E-state index contributed by atoms with van der Waals surface area (Å²) >= 11 is 0. The van der Waals surface area contributed by atoms with Gasteiger partial charge in [0.2, 0.25) is 9.74 Å². The molecule has 4 bridgehead atoms. The van der Waals surface area contributed by atoms with E-state index in [1.165, 1.54) is 53.0 Å². The molecule has 0 aromatic heterocycles. The van der Waals surface area contributed by atoms with Crippen molar-refractivity contribution in [3.8, 4) is 0 Å². The van der Waals surface area contributed by atoms with Crippen LogP contribution in [0.2, 0.25) is 0 Å². The lowest BCUT2D eigenvalue weighted by molar-refractivity contribution is -0.167. The molecule has 10 aliphatic rings. The van der Waals surface area contributed by atoms with Crippen LogP contribution in [-0.4, -0.2) is 112 Å². The van der Waals surface area contributed by atoms with E-state index in [2.05, 4.69) is 23.5 Å². The summed E-state index contributed by atoms with van der Waals surface area (Å²) < 4.78 is 0. The molecule has 8 fully saturated rings. The minimum atomic E-state index is -1.46. The summed E-state index contributed by atoms with van der Waals surface area (Å²) in [4.78, 5) is 59.5. The van der Waals surface area contributed by atoms with E-state index in [1.54, 1.807) is 23.9 Å². The number of carbonyl (C=O) groups is 4. The smallest absolute Gasteiger partial charge is 0.265 e. The molecular weight excluding hydrogens is 667 g/mol. The highest BCUT2D eigenvalue weighted by Crippen LogP contribution is 2.78. The second kappa shape index (κ2) is 8.35. The van der Waals surface area contributed by atoms with Crippen LogP contribution in [0.4, 0.5) is 5.69 Å². The van der Waals surface area contributed by atoms with E-state index in [0.29, 0.717) is 6.42 Å². The van der Waals surface area contributed by atoms with E-state index in [0.717, 1.165) is 22.4 Å². The number of hydrogen-bond donors (Lipinski definition) is 3. The predicted octanol–water partition coefficient (Wildman–Crippen LogP) is 1.51. The van der Waals surface area contributed by atoms with Crippen molar-refractivity contribution in [2.75, 3.05) is 32.6 Å². The van der Waals surface area contributed by atoms with Gasteiger partial charge in [0.25, 0.3) is 23.6 Å². The largest absolute Gasteiger partial charge is 0.392 e. The minimum Gasteiger partial charge on any atom is -0.392 e. The van der Waals surface area contributed by atoms with Crippen molar-refractivity contribution in [2.45, 2.75) is 61.8 Å². The highest BCUT2D eigenvalue weighted by molar-refractivity contribution is 8.78. The number of fused-ring (bicyclic) bond motifs is 11. The second-order valence-electron chi connectivity index (χ2n) is 13.6. The number of aliphatic hydroxyl groups is 2. The first kappa shape index (κ1) is 28.5. The van der Waals surface area contributed by atoms with Gasteiger partial charge in [-0.25, -0.2) is 0 Å². The lowest BCUT2D eigenvalue weighted by Crippen LogP contribution is -2.77. The van der Waals surface area contributed by atoms with Crippen molar-refractivity contribution in [1.29, 1.82) is 0 Å². The number of rotatable bonds is 3. The van der Waals surface area contributed by atoms with E-state index in [4.69, 9.17) is 0 Å². The number of likely N-dealkylation sites (N-methyl/N-ethyl adjacent to an activating group) is 2. The molecule has 9 aliphatic heterocycles. The van der Waals surface area contributed by atoms with Crippen LogP contribution in [0.5, 0.6) is 0 Å². The number of carbonyl (C=O) groups excluding carboxylic acids is 4. The van der Waals surface area contributed by atoms with Crippen molar-refractivity contribution in [3.05, 3.63) is 65.2 Å². The zero-order valence-electron chi connectivity index (χ0n) is 24.8. The van der Waals surface area contributed by atoms with Crippen molar-refractivity contribution in [3.63, 3.8) is 0 Å². The quantitative estimate of drug-likeness (QED) is 0.404. The normalized spacial score (nSPS) is 43.9. The molecule has 238 valence electrons. The molecule has 9 heterocycles. The van der Waals surface area contributed by atoms with E-state index >= 15 is 0 Å². The number of nitrogens with zero attached hydrogens (tertiary/aromatic N) is 4. The van der Waals surface area contributed by atoms with Crippen LogP contribution in [0.3, 0.4) is 0 Å². The average Bonchev–Trinajstić information content (AvgIpc) is 3.75. The number of nitrogens with one attached hydrogen (secondary N) is 1. The predicted molar refractivity (Wildman–Crippen MR) is 175 cm³/mol. The van der Waals surface area contributed by atoms with E-state index in [9.17, 15) is 29.4 Å². The fraction of sp³-hybridized carbons (Fsp3) is 0.484. The SMILES string of the molecule is CN1C(=O)C23CC4(C56CC78SSC(CO)(C(=O)N7C5Nc5ccccc56)N(C)C8=O)c5ccccc5CC4N2C(=O)C1(CO)SS3. The van der Waals surface area contributed by atoms with Gasteiger partial charge in [-0.1, -0.05) is 64.1 Å². The molecule has 46 heavy (non-hydrogen) atoms. The molecule has 1 aliphatic carbocycles. The van der Waals surface area contributed by atoms with Crippen LogP contribution in [0.15, 0.2) is 48.5 Å². The monoisotopic (exact) mass is 695 g/mol. The van der Waals surface area contributed by atoms with Gasteiger partial charge in [-0.2, -0.15) is 0 Å². The van der Waals surface area contributed by atoms with Gasteiger partial charge in [-0.15, -0.1) is 0 Å². The van der Waals surface area contributed by atoms with Crippen LogP contribution in [-0.2, 0) is 36.4 Å². The third-order valence-electron chi connectivity index (χ3n) is 12.4. The first-order chi connectivity index (χ1) is 22.1. The number of amides is 4. The zero-order chi connectivity index (χ0) is 31.8. The fourth-order valence-corrected chi connectivity index (χ4v) is 17.6. The summed E-state index contributed by atoms with van der Waals surface area (Å²) in [5.74, 6) is -1.05. The van der Waals surface area contributed by atoms with Crippen molar-refractivity contribution in [2.24, 2.45) is 0 Å². The number of hydrogen-bond acceptors (Lipinski definition) is 11. The van der Waals surface area contributed by atoms with Crippen LogP contribution in [0.25, 0.3) is 0 Å². The average molecular weight is 696 g/mol. The van der Waals surface area contributed by atoms with Gasteiger partial charge in [-0.05, 0) is 50.8 Å². The molecule has 0 saturated carbocycles. The maximum Gasteiger partial charge on any atom is 0.265 e. The van der Waals surface area contributed by atoms with E-state index < -0.39 is 55.7 Å². The number of aliphatic hydroxyl groups excluding tert-OH is 2. The van der Waals surface area contributed by atoms with Crippen LogP contribution >= 0.6 is 43.2 Å². The third-order valence-corrected chi connectivity index (χ3v) is 19.6. The first-order valence-corrected chi connectivity index (χ1v) is 19.5. The molecule has 2 spiro atoms. The molecule has 8 atom stereocenters. The highest BCUT2D eigenvalue weighted by atomic mass is 33.1. The molecule has 2 aromatic carbocycles. The number of piperazine rings is 2. The fourth-order valence-electron chi connectivity index (χ4n) is 10.4. The molecule has 8 unspecified atom stereocenters. The molecule has 2 aromatic rings. The molecule has 15 heteroatoms. The minimum absolute atomic E-state index is 0.214. The molecule has 0 radical (unpaired) electrons. The van der Waals surface area contributed by atoms with Gasteiger partial charge >= 0.3 is 0 Å². The van der Waals surface area contributed by atoms with Crippen LogP contribution < -0.4 is 5.32 Å². The van der Waals surface area contributed by atoms with Gasteiger partial charge in [0.1, 0.15) is 6.17 Å². The Kier molecular flexibility index (Phi) is 5.16. The maximum absolute atomic E-state index is 14.7. The number of anilines is 1. The Bertz CT molecular complexity index is 1740. The Labute approximate surface area is 279 Å². The third kappa shape index (κ3) is 2.51. The molecule has 8 saturated heterocycles. The Balaban J connectivity index is 1.29. The zero-order valence-corrected chi connectivity index (χ0v) is 28.0. The number of benzene rings is 2. The van der Waals surface area contributed by atoms with Crippen molar-refractivity contribution in [1.82, 2.24) is 19.6 Å². The summed E-state index contributed by atoms with van der Waals surface area (Å²) in [6.07, 6.45) is 0.360. The molecular formula is C31H29N5O6S4. The molecule has 12 rings (SSSR count). The lowest BCUT2D eigenvalue weighted by Gasteiger charge is -2.58. The lowest BCUT2D eigenvalue weighted by atomic mass is 9.53. The van der Waals surface area contributed by atoms with Gasteiger partial charge in [0, 0.05) is 44.1 Å². The molecule has 4 amide bonds. The van der Waals surface area contributed by atoms with Crippen molar-refractivity contribution >= 4 is 72.5 Å². The Morgan fingerprint density at radius 1 is 0.717 bits per heavy atom. The number of para-hydroxylation sites is 1. The maximum atomic E-state index is 14.7. The Hall–Kier alpha value is -2.56. The first-order valence-electron chi connectivity index (χ1n) is 15.2. The molecule has 11 nitrogen and oxygen atoms in total. The van der Waals surface area contributed by atoms with Gasteiger partial charge in [-0.3, -0.25) is 24.1 Å². The second-order valence-corrected chi connectivity index (χ2v) is 19.0. The standard InChI is InChI=1S/C31H29N5O6S4/c1-33-22(39)28-12-26(17-8-4-3-7-16(17)11-20(26)35(28)24(41)30(33,14-37)45-43-28)27-13-29-23(40)34(2)31(15-38,46-44-29)25(42)36(29)21(27)32-19-10-6-5-9-18(19)27/h3-10,20-21,32,37-38H,11-15H2,1-2H3. The Morgan fingerprint density at radius 2 is 1.26 bits per heavy atom. The van der Waals surface area contributed by atoms with Gasteiger partial charge in [0.15, 0.2) is 9.74 Å².